The van der Waals surface area contributed by atoms with Crippen LogP contribution in [-0.4, -0.2) is 57.8 Å². The lowest BCUT2D eigenvalue weighted by Crippen LogP contribution is -2.41. The van der Waals surface area contributed by atoms with Crippen molar-refractivity contribution in [1.29, 1.82) is 0 Å². The zero-order chi connectivity index (χ0) is 20.9. The predicted molar refractivity (Wildman–Crippen MR) is 107 cm³/mol. The van der Waals surface area contributed by atoms with Crippen molar-refractivity contribution >= 4 is 27.5 Å². The molecule has 0 saturated carbocycles. The Labute approximate surface area is 170 Å². The van der Waals surface area contributed by atoms with Gasteiger partial charge in [-0.05, 0) is 56.1 Å². The first-order valence-electron chi connectivity index (χ1n) is 8.51. The first-order chi connectivity index (χ1) is 13.1. The Bertz CT molecular complexity index is 920. The van der Waals surface area contributed by atoms with Crippen molar-refractivity contribution in [2.75, 3.05) is 34.2 Å². The molecular weight excluding hydrogens is 405 g/mol. The zero-order valence-corrected chi connectivity index (χ0v) is 17.5. The highest BCUT2D eigenvalue weighted by molar-refractivity contribution is 7.89. The van der Waals surface area contributed by atoms with Crippen LogP contribution in [0.15, 0.2) is 53.4 Å². The molecule has 0 fully saturated rings. The number of benzene rings is 2. The number of carbonyl (C=O) groups is 1. The molecule has 28 heavy (non-hydrogen) atoms. The predicted octanol–water partition coefficient (Wildman–Crippen LogP) is 2.52. The lowest BCUT2D eigenvalue weighted by Gasteiger charge is -2.25. The average Bonchev–Trinajstić information content (AvgIpc) is 2.62. The van der Waals surface area contributed by atoms with Crippen molar-refractivity contribution in [3.8, 4) is 0 Å². The molecule has 0 spiro atoms. The molecule has 0 aliphatic carbocycles. The number of rotatable bonds is 8. The van der Waals surface area contributed by atoms with E-state index in [0.29, 0.717) is 10.6 Å². The van der Waals surface area contributed by atoms with Crippen LogP contribution in [-0.2, 0) is 14.8 Å². The fraction of sp³-hybridized carbons (Fsp3) is 0.316. The highest BCUT2D eigenvalue weighted by Crippen LogP contribution is 2.19. The Balaban J connectivity index is 2.01. The number of carbonyl (C=O) groups excluding carboxylic acids is 1. The van der Waals surface area contributed by atoms with Crippen molar-refractivity contribution in [3.63, 3.8) is 0 Å². The summed E-state index contributed by atoms with van der Waals surface area (Å²) < 4.78 is 39.5. The van der Waals surface area contributed by atoms with Crippen LogP contribution in [0.5, 0.6) is 0 Å². The van der Waals surface area contributed by atoms with Crippen LogP contribution in [0.2, 0.25) is 5.02 Å². The first kappa shape index (κ1) is 22.3. The number of hydrogen-bond donors (Lipinski definition) is 1. The number of amides is 1. The molecule has 0 aliphatic rings. The average molecular weight is 428 g/mol. The highest BCUT2D eigenvalue weighted by Gasteiger charge is 2.23. The van der Waals surface area contributed by atoms with Gasteiger partial charge in [0.1, 0.15) is 5.82 Å². The van der Waals surface area contributed by atoms with Crippen molar-refractivity contribution in [1.82, 2.24) is 14.5 Å². The Morgan fingerprint density at radius 2 is 1.79 bits per heavy atom. The first-order valence-corrected chi connectivity index (χ1v) is 10.3. The second kappa shape index (κ2) is 9.47. The van der Waals surface area contributed by atoms with E-state index in [0.717, 1.165) is 4.31 Å². The van der Waals surface area contributed by atoms with E-state index in [4.69, 9.17) is 11.6 Å². The third-order valence-corrected chi connectivity index (χ3v) is 6.31. The zero-order valence-electron chi connectivity index (χ0n) is 15.9. The van der Waals surface area contributed by atoms with Gasteiger partial charge < -0.3 is 10.2 Å². The van der Waals surface area contributed by atoms with Gasteiger partial charge in [-0.2, -0.15) is 4.31 Å². The standard InChI is InChI=1S/C19H23ClFN3O3S/c1-23(2)18(14-5-4-6-16(21)11-14)12-22-19(25)13-24(3)28(26,27)17-9-7-15(20)8-10-17/h4-11,18H,12-13H2,1-3H3,(H,22,25). The summed E-state index contributed by atoms with van der Waals surface area (Å²) in [5, 5.41) is 3.14. The minimum absolute atomic E-state index is 0.0538. The van der Waals surface area contributed by atoms with Gasteiger partial charge in [-0.3, -0.25) is 4.79 Å². The quantitative estimate of drug-likeness (QED) is 0.702. The Morgan fingerprint density at radius 3 is 2.36 bits per heavy atom. The fourth-order valence-electron chi connectivity index (χ4n) is 2.65. The molecule has 2 aromatic rings. The Hall–Kier alpha value is -2.00. The topological polar surface area (TPSA) is 69.7 Å². The second-order valence-corrected chi connectivity index (χ2v) is 9.03. The molecule has 2 aromatic carbocycles. The summed E-state index contributed by atoms with van der Waals surface area (Å²) >= 11 is 5.78. The molecule has 0 heterocycles. The van der Waals surface area contributed by atoms with E-state index in [9.17, 15) is 17.6 Å². The van der Waals surface area contributed by atoms with E-state index < -0.39 is 15.9 Å². The van der Waals surface area contributed by atoms with Crippen molar-refractivity contribution in [2.24, 2.45) is 0 Å². The van der Waals surface area contributed by atoms with E-state index >= 15 is 0 Å². The van der Waals surface area contributed by atoms with E-state index in [1.54, 1.807) is 12.1 Å². The molecule has 1 amide bonds. The van der Waals surface area contributed by atoms with Gasteiger partial charge in [0.2, 0.25) is 15.9 Å². The summed E-state index contributed by atoms with van der Waals surface area (Å²) in [6.45, 7) is -0.127. The van der Waals surface area contributed by atoms with Gasteiger partial charge in [0.05, 0.1) is 17.5 Å². The molecule has 0 radical (unpaired) electrons. The van der Waals surface area contributed by atoms with E-state index in [1.807, 2.05) is 19.0 Å². The Morgan fingerprint density at radius 1 is 1.14 bits per heavy atom. The largest absolute Gasteiger partial charge is 0.353 e. The minimum atomic E-state index is -3.81. The third kappa shape index (κ3) is 5.75. The molecule has 0 bridgehead atoms. The highest BCUT2D eigenvalue weighted by atomic mass is 35.5. The summed E-state index contributed by atoms with van der Waals surface area (Å²) in [5.41, 5.74) is 0.715. The molecule has 1 N–H and O–H groups in total. The SMILES string of the molecule is CN(C)C(CNC(=O)CN(C)S(=O)(=O)c1ccc(Cl)cc1)c1cccc(F)c1. The van der Waals surface area contributed by atoms with Crippen molar-refractivity contribution in [3.05, 3.63) is 64.9 Å². The van der Waals surface area contributed by atoms with Gasteiger partial charge in [-0.25, -0.2) is 12.8 Å². The maximum Gasteiger partial charge on any atom is 0.243 e. The monoisotopic (exact) mass is 427 g/mol. The van der Waals surface area contributed by atoms with Crippen LogP contribution in [0, 0.1) is 5.82 Å². The van der Waals surface area contributed by atoms with Crippen LogP contribution in [0.3, 0.4) is 0 Å². The van der Waals surface area contributed by atoms with E-state index in [2.05, 4.69) is 5.32 Å². The van der Waals surface area contributed by atoms with Crippen LogP contribution in [0.25, 0.3) is 0 Å². The minimum Gasteiger partial charge on any atom is -0.353 e. The normalized spacial score (nSPS) is 13.0. The fourth-order valence-corrected chi connectivity index (χ4v) is 3.91. The van der Waals surface area contributed by atoms with Gasteiger partial charge in [-0.15, -0.1) is 0 Å². The number of halogens is 2. The smallest absolute Gasteiger partial charge is 0.243 e. The number of nitrogens with zero attached hydrogens (tertiary/aromatic N) is 2. The molecular formula is C19H23ClFN3O3S. The molecule has 152 valence electrons. The van der Waals surface area contributed by atoms with Gasteiger partial charge in [0, 0.05) is 18.6 Å². The van der Waals surface area contributed by atoms with Gasteiger partial charge in [0.25, 0.3) is 0 Å². The van der Waals surface area contributed by atoms with Gasteiger partial charge >= 0.3 is 0 Å². The number of sulfonamides is 1. The molecule has 6 nitrogen and oxygen atoms in total. The lowest BCUT2D eigenvalue weighted by molar-refractivity contribution is -0.121. The van der Waals surface area contributed by atoms with E-state index in [-0.39, 0.29) is 29.8 Å². The van der Waals surface area contributed by atoms with E-state index in [1.165, 1.54) is 43.4 Å². The van der Waals surface area contributed by atoms with Crippen molar-refractivity contribution < 1.29 is 17.6 Å². The summed E-state index contributed by atoms with van der Waals surface area (Å²) in [5.74, 6) is -0.812. The molecule has 0 saturated heterocycles. The molecule has 9 heteroatoms. The summed E-state index contributed by atoms with van der Waals surface area (Å²) in [7, 11) is 1.16. The van der Waals surface area contributed by atoms with Crippen LogP contribution in [0.1, 0.15) is 11.6 Å². The molecule has 0 aromatic heterocycles. The van der Waals surface area contributed by atoms with Crippen molar-refractivity contribution in [2.45, 2.75) is 10.9 Å². The summed E-state index contributed by atoms with van der Waals surface area (Å²) in [6.07, 6.45) is 0. The maximum absolute atomic E-state index is 13.5. The van der Waals surface area contributed by atoms with Crippen LogP contribution < -0.4 is 5.32 Å². The molecule has 1 unspecified atom stereocenters. The Kier molecular flexibility index (Phi) is 7.54. The third-order valence-electron chi connectivity index (χ3n) is 4.24. The summed E-state index contributed by atoms with van der Waals surface area (Å²) in [6, 6.07) is 11.6. The molecule has 1 atom stereocenters. The second-order valence-electron chi connectivity index (χ2n) is 6.55. The van der Waals surface area contributed by atoms with Crippen LogP contribution in [0.4, 0.5) is 4.39 Å². The molecule has 0 aliphatic heterocycles. The number of hydrogen-bond acceptors (Lipinski definition) is 4. The summed E-state index contributed by atoms with van der Waals surface area (Å²) in [4.78, 5) is 14.2. The van der Waals surface area contributed by atoms with Crippen LogP contribution >= 0.6 is 11.6 Å². The maximum atomic E-state index is 13.5. The molecule has 2 rings (SSSR count). The number of likely N-dealkylation sites (N-methyl/N-ethyl adjacent to an activating group) is 2. The lowest BCUT2D eigenvalue weighted by atomic mass is 10.1. The van der Waals surface area contributed by atoms with Gasteiger partial charge in [-0.1, -0.05) is 23.7 Å². The number of nitrogens with one attached hydrogen (secondary N) is 1. The van der Waals surface area contributed by atoms with Gasteiger partial charge in [0.15, 0.2) is 0 Å².